The molecule has 1 amide bonds. The summed E-state index contributed by atoms with van der Waals surface area (Å²) in [4.78, 5) is 11.8. The highest BCUT2D eigenvalue weighted by Crippen LogP contribution is 2.27. The van der Waals surface area contributed by atoms with Crippen LogP contribution >= 0.6 is 0 Å². The van der Waals surface area contributed by atoms with Gasteiger partial charge in [-0.1, -0.05) is 12.2 Å². The summed E-state index contributed by atoms with van der Waals surface area (Å²) in [5, 5.41) is 6.15. The quantitative estimate of drug-likeness (QED) is 0.864. The van der Waals surface area contributed by atoms with Crippen LogP contribution in [0.3, 0.4) is 0 Å². The van der Waals surface area contributed by atoms with Gasteiger partial charge in [0.05, 0.1) is 6.54 Å². The van der Waals surface area contributed by atoms with Gasteiger partial charge in [-0.05, 0) is 25.3 Å². The molecule has 0 aromatic carbocycles. The standard InChI is InChI=1S/C13H16F3N3O/c14-13(15,16)11-6-8-19(18-11)9-7-17-12(20)10-4-2-1-3-5-10/h1-2,6,8,10H,3-5,7,9H2,(H,17,20). The molecule has 110 valence electrons. The highest BCUT2D eigenvalue weighted by molar-refractivity contribution is 5.78. The Bertz CT molecular complexity index is 493. The van der Waals surface area contributed by atoms with Crippen LogP contribution in [0.1, 0.15) is 25.0 Å². The van der Waals surface area contributed by atoms with Crippen molar-refractivity contribution >= 4 is 5.91 Å². The van der Waals surface area contributed by atoms with Crippen molar-refractivity contribution in [2.75, 3.05) is 6.54 Å². The van der Waals surface area contributed by atoms with E-state index in [9.17, 15) is 18.0 Å². The monoisotopic (exact) mass is 287 g/mol. The summed E-state index contributed by atoms with van der Waals surface area (Å²) >= 11 is 0. The van der Waals surface area contributed by atoms with Gasteiger partial charge < -0.3 is 5.32 Å². The summed E-state index contributed by atoms with van der Waals surface area (Å²) in [5.41, 5.74) is -0.916. The Kier molecular flexibility index (Phi) is 4.46. The van der Waals surface area contributed by atoms with E-state index < -0.39 is 11.9 Å². The topological polar surface area (TPSA) is 46.9 Å². The molecule has 1 heterocycles. The predicted molar refractivity (Wildman–Crippen MR) is 66.7 cm³/mol. The van der Waals surface area contributed by atoms with E-state index in [2.05, 4.69) is 10.4 Å². The lowest BCUT2D eigenvalue weighted by Crippen LogP contribution is -2.33. The van der Waals surface area contributed by atoms with Crippen LogP contribution in [0.25, 0.3) is 0 Å². The van der Waals surface area contributed by atoms with Crippen molar-refractivity contribution in [2.24, 2.45) is 5.92 Å². The number of nitrogens with one attached hydrogen (secondary N) is 1. The van der Waals surface area contributed by atoms with Gasteiger partial charge in [-0.2, -0.15) is 18.3 Å². The zero-order chi connectivity index (χ0) is 14.6. The van der Waals surface area contributed by atoms with Crippen LogP contribution < -0.4 is 5.32 Å². The van der Waals surface area contributed by atoms with Crippen molar-refractivity contribution in [2.45, 2.75) is 32.0 Å². The molecule has 20 heavy (non-hydrogen) atoms. The van der Waals surface area contributed by atoms with Gasteiger partial charge in [-0.15, -0.1) is 0 Å². The van der Waals surface area contributed by atoms with E-state index in [1.807, 2.05) is 12.2 Å². The molecule has 4 nitrogen and oxygen atoms in total. The van der Waals surface area contributed by atoms with Crippen LogP contribution in [0.5, 0.6) is 0 Å². The van der Waals surface area contributed by atoms with E-state index in [4.69, 9.17) is 0 Å². The van der Waals surface area contributed by atoms with Crippen LogP contribution in [0, 0.1) is 5.92 Å². The summed E-state index contributed by atoms with van der Waals surface area (Å²) in [5.74, 6) is -0.0686. The Morgan fingerprint density at radius 2 is 2.25 bits per heavy atom. The smallest absolute Gasteiger partial charge is 0.354 e. The minimum Gasteiger partial charge on any atom is -0.354 e. The second kappa shape index (κ2) is 6.11. The van der Waals surface area contributed by atoms with Gasteiger partial charge in [0.1, 0.15) is 0 Å². The Morgan fingerprint density at radius 1 is 1.45 bits per heavy atom. The highest BCUT2D eigenvalue weighted by atomic mass is 19.4. The molecule has 0 fully saturated rings. The number of hydrogen-bond donors (Lipinski definition) is 1. The first-order valence-corrected chi connectivity index (χ1v) is 6.50. The first-order valence-electron chi connectivity index (χ1n) is 6.50. The summed E-state index contributed by atoms with van der Waals surface area (Å²) in [6, 6.07) is 0.924. The first-order chi connectivity index (χ1) is 9.47. The fourth-order valence-electron chi connectivity index (χ4n) is 2.11. The Labute approximate surface area is 114 Å². The van der Waals surface area contributed by atoms with Gasteiger partial charge in [-0.3, -0.25) is 9.48 Å². The van der Waals surface area contributed by atoms with E-state index in [1.54, 1.807) is 0 Å². The molecule has 0 bridgehead atoms. The number of halogens is 3. The third-order valence-corrected chi connectivity index (χ3v) is 3.21. The van der Waals surface area contributed by atoms with Gasteiger partial charge in [0.25, 0.3) is 0 Å². The molecule has 1 aliphatic rings. The van der Waals surface area contributed by atoms with Crippen molar-refractivity contribution in [3.63, 3.8) is 0 Å². The summed E-state index contributed by atoms with van der Waals surface area (Å²) < 4.78 is 38.2. The normalized spacial score (nSPS) is 19.1. The number of carbonyl (C=O) groups is 1. The third-order valence-electron chi connectivity index (χ3n) is 3.21. The maximum Gasteiger partial charge on any atom is 0.435 e. The van der Waals surface area contributed by atoms with Crippen LogP contribution in [0.15, 0.2) is 24.4 Å². The van der Waals surface area contributed by atoms with Gasteiger partial charge in [0, 0.05) is 18.7 Å². The second-order valence-electron chi connectivity index (χ2n) is 4.73. The van der Waals surface area contributed by atoms with E-state index >= 15 is 0 Å². The maximum absolute atomic E-state index is 12.3. The lowest BCUT2D eigenvalue weighted by Gasteiger charge is -2.17. The molecule has 1 unspecified atom stereocenters. The molecule has 1 N–H and O–H groups in total. The maximum atomic E-state index is 12.3. The fourth-order valence-corrected chi connectivity index (χ4v) is 2.11. The molecule has 0 saturated carbocycles. The SMILES string of the molecule is O=C(NCCn1ccc(C(F)(F)F)n1)C1CC=CCC1. The predicted octanol–water partition coefficient (Wildman–Crippen LogP) is 2.37. The molecule has 1 aromatic rings. The lowest BCUT2D eigenvalue weighted by atomic mass is 9.94. The van der Waals surface area contributed by atoms with E-state index in [1.165, 1.54) is 10.9 Å². The number of allylic oxidation sites excluding steroid dienone is 2. The Balaban J connectivity index is 1.77. The number of nitrogens with zero attached hydrogens (tertiary/aromatic N) is 2. The summed E-state index contributed by atoms with van der Waals surface area (Å²) in [6.07, 6.45) is 3.31. The molecule has 0 radical (unpaired) electrons. The lowest BCUT2D eigenvalue weighted by molar-refractivity contribution is -0.141. The van der Waals surface area contributed by atoms with Crippen LogP contribution in [-0.4, -0.2) is 22.2 Å². The van der Waals surface area contributed by atoms with Crippen LogP contribution in [-0.2, 0) is 17.5 Å². The number of carbonyl (C=O) groups excluding carboxylic acids is 1. The summed E-state index contributed by atoms with van der Waals surface area (Å²) in [6.45, 7) is 0.502. The number of hydrogen-bond acceptors (Lipinski definition) is 2. The van der Waals surface area contributed by atoms with Crippen molar-refractivity contribution < 1.29 is 18.0 Å². The minimum atomic E-state index is -4.43. The number of alkyl halides is 3. The zero-order valence-corrected chi connectivity index (χ0v) is 10.9. The Hall–Kier alpha value is -1.79. The summed E-state index contributed by atoms with van der Waals surface area (Å²) in [7, 11) is 0. The number of aromatic nitrogens is 2. The molecule has 0 spiro atoms. The highest BCUT2D eigenvalue weighted by Gasteiger charge is 2.33. The molecular weight excluding hydrogens is 271 g/mol. The average molecular weight is 287 g/mol. The molecule has 1 aliphatic carbocycles. The molecule has 1 aromatic heterocycles. The Morgan fingerprint density at radius 3 is 2.85 bits per heavy atom. The van der Waals surface area contributed by atoms with E-state index in [-0.39, 0.29) is 24.9 Å². The van der Waals surface area contributed by atoms with Crippen molar-refractivity contribution in [3.05, 3.63) is 30.1 Å². The third kappa shape index (κ3) is 3.85. The zero-order valence-electron chi connectivity index (χ0n) is 10.9. The van der Waals surface area contributed by atoms with Crippen LogP contribution in [0.4, 0.5) is 13.2 Å². The first kappa shape index (κ1) is 14.6. The minimum absolute atomic E-state index is 0.0247. The van der Waals surface area contributed by atoms with Crippen LogP contribution in [0.2, 0.25) is 0 Å². The molecule has 0 aliphatic heterocycles. The fraction of sp³-hybridized carbons (Fsp3) is 0.538. The van der Waals surface area contributed by atoms with Crippen molar-refractivity contribution in [3.8, 4) is 0 Å². The van der Waals surface area contributed by atoms with E-state index in [0.717, 1.165) is 25.3 Å². The number of amides is 1. The molecule has 2 rings (SSSR count). The van der Waals surface area contributed by atoms with Gasteiger partial charge in [0.15, 0.2) is 5.69 Å². The van der Waals surface area contributed by atoms with Gasteiger partial charge in [-0.25, -0.2) is 0 Å². The molecule has 7 heteroatoms. The van der Waals surface area contributed by atoms with Gasteiger partial charge in [0.2, 0.25) is 5.91 Å². The van der Waals surface area contributed by atoms with Gasteiger partial charge >= 0.3 is 6.18 Å². The number of rotatable bonds is 4. The second-order valence-corrected chi connectivity index (χ2v) is 4.73. The van der Waals surface area contributed by atoms with E-state index in [0.29, 0.717) is 0 Å². The van der Waals surface area contributed by atoms with Crippen molar-refractivity contribution in [1.29, 1.82) is 0 Å². The molecular formula is C13H16F3N3O. The molecule has 0 saturated heterocycles. The average Bonchev–Trinajstić information content (AvgIpc) is 2.88. The molecule has 1 atom stereocenters. The van der Waals surface area contributed by atoms with Crippen molar-refractivity contribution in [1.82, 2.24) is 15.1 Å². The largest absolute Gasteiger partial charge is 0.435 e.